The first kappa shape index (κ1) is 6.33. The molecule has 1 unspecified atom stereocenters. The fourth-order valence-corrected chi connectivity index (χ4v) is 1.53. The minimum atomic E-state index is 0.0119. The monoisotopic (exact) mass is 252 g/mol. The van der Waals surface area contributed by atoms with Gasteiger partial charge in [-0.1, -0.05) is 0 Å². The third-order valence-corrected chi connectivity index (χ3v) is 2.26. The van der Waals surface area contributed by atoms with Crippen molar-refractivity contribution in [1.82, 2.24) is 0 Å². The Labute approximate surface area is 71.5 Å². The van der Waals surface area contributed by atoms with Crippen LogP contribution in [0.1, 0.15) is 0 Å². The number of rotatable bonds is 0. The van der Waals surface area contributed by atoms with Gasteiger partial charge in [-0.05, 0) is 28.7 Å². The SMILES string of the molecule is OC1=C2OCC(C=C1I)O2. The van der Waals surface area contributed by atoms with Gasteiger partial charge in [-0.2, -0.15) is 0 Å². The molecular formula is C6H5IO3. The number of hydrogen-bond acceptors (Lipinski definition) is 3. The fraction of sp³-hybridized carbons (Fsp3) is 0.333. The van der Waals surface area contributed by atoms with E-state index in [4.69, 9.17) is 9.47 Å². The molecule has 0 aromatic heterocycles. The molecule has 3 nitrogen and oxygen atoms in total. The molecule has 10 heavy (non-hydrogen) atoms. The van der Waals surface area contributed by atoms with Crippen molar-refractivity contribution in [3.8, 4) is 0 Å². The Hall–Kier alpha value is -0.390. The van der Waals surface area contributed by atoms with Gasteiger partial charge in [0.2, 0.25) is 5.76 Å². The smallest absolute Gasteiger partial charge is 0.325 e. The van der Waals surface area contributed by atoms with Crippen molar-refractivity contribution in [3.05, 3.63) is 21.4 Å². The van der Waals surface area contributed by atoms with Crippen LogP contribution in [0, 0.1) is 0 Å². The van der Waals surface area contributed by atoms with Crippen LogP contribution in [0.25, 0.3) is 0 Å². The minimum absolute atomic E-state index is 0.0119. The Balaban J connectivity index is 2.43. The highest BCUT2D eigenvalue weighted by atomic mass is 127. The van der Waals surface area contributed by atoms with E-state index in [0.29, 0.717) is 6.61 Å². The normalized spacial score (nSPS) is 29.3. The van der Waals surface area contributed by atoms with E-state index >= 15 is 0 Å². The van der Waals surface area contributed by atoms with Crippen molar-refractivity contribution in [1.29, 1.82) is 0 Å². The topological polar surface area (TPSA) is 38.7 Å². The zero-order chi connectivity index (χ0) is 7.14. The van der Waals surface area contributed by atoms with Gasteiger partial charge in [-0.15, -0.1) is 0 Å². The van der Waals surface area contributed by atoms with Gasteiger partial charge in [0.25, 0.3) is 0 Å². The molecule has 1 fully saturated rings. The third kappa shape index (κ3) is 0.783. The number of halogens is 1. The van der Waals surface area contributed by atoms with Crippen LogP contribution in [0.2, 0.25) is 0 Å². The lowest BCUT2D eigenvalue weighted by atomic mass is 10.3. The number of allylic oxidation sites excluding steroid dienone is 1. The van der Waals surface area contributed by atoms with Crippen LogP contribution >= 0.6 is 22.6 Å². The molecule has 2 aliphatic rings. The van der Waals surface area contributed by atoms with E-state index in [2.05, 4.69) is 0 Å². The standard InChI is InChI=1S/C6H5IO3/c7-4-1-3-2-9-6(10-3)5(4)8/h1,3,8H,2H2. The first-order valence-corrected chi connectivity index (χ1v) is 3.95. The van der Waals surface area contributed by atoms with Crippen LogP contribution in [-0.4, -0.2) is 17.8 Å². The minimum Gasteiger partial charge on any atom is -0.501 e. The third-order valence-electron chi connectivity index (χ3n) is 1.39. The van der Waals surface area contributed by atoms with Crippen molar-refractivity contribution in [2.75, 3.05) is 6.61 Å². The van der Waals surface area contributed by atoms with E-state index in [0.717, 1.165) is 3.58 Å². The highest BCUT2D eigenvalue weighted by Crippen LogP contribution is 2.31. The molecular weight excluding hydrogens is 247 g/mol. The summed E-state index contributed by atoms with van der Waals surface area (Å²) in [6.07, 6.45) is 1.85. The quantitative estimate of drug-likeness (QED) is 0.663. The Morgan fingerprint density at radius 3 is 3.30 bits per heavy atom. The van der Waals surface area contributed by atoms with Gasteiger partial charge in [0.15, 0.2) is 6.10 Å². The van der Waals surface area contributed by atoms with Gasteiger partial charge < -0.3 is 14.6 Å². The summed E-state index contributed by atoms with van der Waals surface area (Å²) >= 11 is 2.05. The molecule has 4 heteroatoms. The highest BCUT2D eigenvalue weighted by molar-refractivity contribution is 14.1. The van der Waals surface area contributed by atoms with Gasteiger partial charge in [0.05, 0.1) is 3.58 Å². The van der Waals surface area contributed by atoms with Crippen molar-refractivity contribution in [2.24, 2.45) is 0 Å². The predicted octanol–water partition coefficient (Wildman–Crippen LogP) is 1.46. The van der Waals surface area contributed by atoms with Gasteiger partial charge in [-0.25, -0.2) is 0 Å². The van der Waals surface area contributed by atoms with E-state index in [-0.39, 0.29) is 17.8 Å². The zero-order valence-electron chi connectivity index (χ0n) is 5.00. The van der Waals surface area contributed by atoms with E-state index in [1.54, 1.807) is 0 Å². The number of aliphatic hydroxyl groups excluding tert-OH is 1. The average molecular weight is 252 g/mol. The molecule has 2 heterocycles. The summed E-state index contributed by atoms with van der Waals surface area (Å²) < 4.78 is 10.9. The lowest BCUT2D eigenvalue weighted by Gasteiger charge is -2.09. The van der Waals surface area contributed by atoms with Crippen LogP contribution in [0.15, 0.2) is 21.4 Å². The summed E-state index contributed by atoms with van der Waals surface area (Å²) in [5.74, 6) is 0.395. The molecule has 2 bridgehead atoms. The summed E-state index contributed by atoms with van der Waals surface area (Å²) in [5, 5.41) is 9.22. The number of fused-ring (bicyclic) bond motifs is 2. The Kier molecular flexibility index (Phi) is 1.29. The van der Waals surface area contributed by atoms with Gasteiger partial charge >= 0.3 is 5.95 Å². The molecule has 0 spiro atoms. The van der Waals surface area contributed by atoms with Gasteiger partial charge in [0.1, 0.15) is 6.61 Å². The predicted molar refractivity (Wildman–Crippen MR) is 42.6 cm³/mol. The fourth-order valence-electron chi connectivity index (χ4n) is 0.909. The Morgan fingerprint density at radius 1 is 1.70 bits per heavy atom. The number of aliphatic hydroxyl groups is 1. The summed E-state index contributed by atoms with van der Waals surface area (Å²) in [6.45, 7) is 0.520. The number of ether oxygens (including phenoxy) is 2. The first-order valence-electron chi connectivity index (χ1n) is 2.88. The van der Waals surface area contributed by atoms with Crippen molar-refractivity contribution in [2.45, 2.75) is 6.10 Å². The Bertz CT molecular complexity index is 231. The molecule has 2 aliphatic heterocycles. The lowest BCUT2D eigenvalue weighted by Crippen LogP contribution is -2.08. The van der Waals surface area contributed by atoms with Crippen molar-refractivity contribution >= 4 is 22.6 Å². The van der Waals surface area contributed by atoms with Crippen LogP contribution in [0.5, 0.6) is 0 Å². The van der Waals surface area contributed by atoms with Crippen molar-refractivity contribution < 1.29 is 14.6 Å². The molecule has 0 radical (unpaired) electrons. The van der Waals surface area contributed by atoms with Crippen LogP contribution < -0.4 is 0 Å². The highest BCUT2D eigenvalue weighted by Gasteiger charge is 2.29. The summed E-state index contributed by atoms with van der Waals surface area (Å²) in [4.78, 5) is 0. The lowest BCUT2D eigenvalue weighted by molar-refractivity contribution is 0.132. The first-order chi connectivity index (χ1) is 4.77. The van der Waals surface area contributed by atoms with Crippen molar-refractivity contribution in [3.63, 3.8) is 0 Å². The van der Waals surface area contributed by atoms with Crippen LogP contribution in [0.3, 0.4) is 0 Å². The van der Waals surface area contributed by atoms with E-state index in [1.165, 1.54) is 0 Å². The molecule has 2 rings (SSSR count). The second-order valence-corrected chi connectivity index (χ2v) is 3.28. The maximum Gasteiger partial charge on any atom is 0.325 e. The van der Waals surface area contributed by atoms with Gasteiger partial charge in [0, 0.05) is 0 Å². The van der Waals surface area contributed by atoms with Crippen LogP contribution in [-0.2, 0) is 9.47 Å². The molecule has 0 saturated carbocycles. The second-order valence-electron chi connectivity index (χ2n) is 2.12. The number of hydrogen-bond donors (Lipinski definition) is 1. The largest absolute Gasteiger partial charge is 0.501 e. The summed E-state index contributed by atoms with van der Waals surface area (Å²) in [5.41, 5.74) is 0. The molecule has 0 aromatic carbocycles. The molecule has 1 atom stereocenters. The molecule has 0 aromatic rings. The maximum atomic E-state index is 9.22. The molecule has 0 amide bonds. The molecule has 54 valence electrons. The zero-order valence-corrected chi connectivity index (χ0v) is 7.16. The average Bonchev–Trinajstić information content (AvgIpc) is 2.29. The van der Waals surface area contributed by atoms with Crippen LogP contribution in [0.4, 0.5) is 0 Å². The van der Waals surface area contributed by atoms with E-state index in [1.807, 2.05) is 28.7 Å². The molecule has 0 aliphatic carbocycles. The maximum absolute atomic E-state index is 9.22. The van der Waals surface area contributed by atoms with Gasteiger partial charge in [-0.3, -0.25) is 0 Å². The molecule has 1 N–H and O–H groups in total. The molecule has 1 saturated heterocycles. The van der Waals surface area contributed by atoms with E-state index < -0.39 is 0 Å². The summed E-state index contributed by atoms with van der Waals surface area (Å²) in [6, 6.07) is 0. The Morgan fingerprint density at radius 2 is 2.50 bits per heavy atom. The summed E-state index contributed by atoms with van der Waals surface area (Å²) in [7, 11) is 0. The second kappa shape index (κ2) is 2.05. The van der Waals surface area contributed by atoms with E-state index in [9.17, 15) is 5.11 Å².